The number of allylic oxidation sites excluding steroid dienone is 1. The first-order chi connectivity index (χ1) is 10.7. The third-order valence-electron chi connectivity index (χ3n) is 2.81. The van der Waals surface area contributed by atoms with Gasteiger partial charge < -0.3 is 4.74 Å². The van der Waals surface area contributed by atoms with Crippen molar-refractivity contribution in [3.8, 4) is 0 Å². The predicted molar refractivity (Wildman–Crippen MR) is 86.6 cm³/mol. The largest absolute Gasteiger partial charge is 0.495 e. The summed E-state index contributed by atoms with van der Waals surface area (Å²) in [4.78, 5) is 10.1. The van der Waals surface area contributed by atoms with E-state index in [-0.39, 0.29) is 5.69 Å². The Morgan fingerprint density at radius 1 is 1.18 bits per heavy atom. The number of nitrogens with one attached hydrogen (secondary N) is 1. The van der Waals surface area contributed by atoms with Crippen molar-refractivity contribution >= 4 is 23.7 Å². The van der Waals surface area contributed by atoms with E-state index in [0.717, 1.165) is 5.56 Å². The van der Waals surface area contributed by atoms with Crippen LogP contribution in [0.25, 0.3) is 6.08 Å². The zero-order valence-corrected chi connectivity index (χ0v) is 12.0. The number of anilines is 1. The third kappa shape index (κ3) is 4.45. The Bertz CT molecular complexity index is 680. The van der Waals surface area contributed by atoms with Crippen LogP contribution in [0, 0.1) is 10.1 Å². The number of non-ortho nitro benzene ring substituents is 1. The van der Waals surface area contributed by atoms with Crippen molar-refractivity contribution in [2.24, 2.45) is 5.10 Å². The number of rotatable bonds is 6. The molecule has 0 aliphatic rings. The molecule has 0 unspecified atom stereocenters. The molecule has 2 aromatic rings. The second kappa shape index (κ2) is 7.58. The molecule has 0 saturated heterocycles. The maximum Gasteiger partial charge on any atom is 0.269 e. The Kier molecular flexibility index (Phi) is 5.25. The Morgan fingerprint density at radius 2 is 1.86 bits per heavy atom. The Labute approximate surface area is 127 Å². The van der Waals surface area contributed by atoms with Gasteiger partial charge in [0.05, 0.1) is 23.9 Å². The first-order valence-corrected chi connectivity index (χ1v) is 6.53. The summed E-state index contributed by atoms with van der Waals surface area (Å²) >= 11 is 0. The van der Waals surface area contributed by atoms with Gasteiger partial charge in [-0.05, 0) is 23.8 Å². The van der Waals surface area contributed by atoms with E-state index in [1.54, 1.807) is 19.2 Å². The van der Waals surface area contributed by atoms with Crippen LogP contribution < -0.4 is 5.43 Å². The minimum Gasteiger partial charge on any atom is -0.495 e. The van der Waals surface area contributed by atoms with Gasteiger partial charge in [-0.3, -0.25) is 15.5 Å². The van der Waals surface area contributed by atoms with Crippen molar-refractivity contribution < 1.29 is 9.66 Å². The molecule has 0 heterocycles. The maximum absolute atomic E-state index is 10.6. The standard InChI is InChI=1S/C16H15N3O3/c1-22-16(11-13-5-3-2-4-6-13)12-17-18-14-7-9-15(10-8-14)19(20)21/h2-12,18H,1H3. The van der Waals surface area contributed by atoms with Gasteiger partial charge in [0.1, 0.15) is 5.76 Å². The van der Waals surface area contributed by atoms with E-state index in [4.69, 9.17) is 4.74 Å². The molecule has 2 aromatic carbocycles. The van der Waals surface area contributed by atoms with Gasteiger partial charge in [-0.15, -0.1) is 0 Å². The quantitative estimate of drug-likeness (QED) is 0.382. The smallest absolute Gasteiger partial charge is 0.269 e. The summed E-state index contributed by atoms with van der Waals surface area (Å²) in [5.74, 6) is 0.584. The predicted octanol–water partition coefficient (Wildman–Crippen LogP) is 3.68. The number of nitro benzene ring substituents is 1. The van der Waals surface area contributed by atoms with Crippen molar-refractivity contribution in [2.45, 2.75) is 0 Å². The number of ether oxygens (including phenoxy) is 1. The SMILES string of the molecule is COC(C=NNc1ccc([N+](=O)[O-])cc1)=Cc1ccccc1. The molecule has 1 N–H and O–H groups in total. The highest BCUT2D eigenvalue weighted by atomic mass is 16.6. The first kappa shape index (κ1) is 15.2. The summed E-state index contributed by atoms with van der Waals surface area (Å²) in [7, 11) is 1.56. The van der Waals surface area contributed by atoms with Crippen molar-refractivity contribution in [3.63, 3.8) is 0 Å². The van der Waals surface area contributed by atoms with E-state index >= 15 is 0 Å². The average molecular weight is 297 g/mol. The van der Waals surface area contributed by atoms with Gasteiger partial charge in [0.15, 0.2) is 0 Å². The van der Waals surface area contributed by atoms with Crippen LogP contribution in [0.3, 0.4) is 0 Å². The Morgan fingerprint density at radius 3 is 2.45 bits per heavy atom. The molecule has 2 rings (SSSR count). The number of hydrogen-bond donors (Lipinski definition) is 1. The van der Waals surface area contributed by atoms with E-state index in [1.807, 2.05) is 36.4 Å². The van der Waals surface area contributed by atoms with Gasteiger partial charge in [0.2, 0.25) is 0 Å². The van der Waals surface area contributed by atoms with Gasteiger partial charge in [0.25, 0.3) is 5.69 Å². The lowest BCUT2D eigenvalue weighted by molar-refractivity contribution is -0.384. The number of hydrogen-bond acceptors (Lipinski definition) is 5. The molecule has 22 heavy (non-hydrogen) atoms. The third-order valence-corrected chi connectivity index (χ3v) is 2.81. The molecule has 0 aromatic heterocycles. The van der Waals surface area contributed by atoms with Crippen molar-refractivity contribution in [1.29, 1.82) is 0 Å². The lowest BCUT2D eigenvalue weighted by Crippen LogP contribution is -1.94. The summed E-state index contributed by atoms with van der Waals surface area (Å²) in [5.41, 5.74) is 4.48. The summed E-state index contributed by atoms with van der Waals surface area (Å²) in [6.45, 7) is 0. The van der Waals surface area contributed by atoms with E-state index < -0.39 is 4.92 Å². The highest BCUT2D eigenvalue weighted by Crippen LogP contribution is 2.15. The van der Waals surface area contributed by atoms with Gasteiger partial charge in [-0.25, -0.2) is 0 Å². The van der Waals surface area contributed by atoms with Gasteiger partial charge in [0, 0.05) is 12.1 Å². The van der Waals surface area contributed by atoms with Crippen molar-refractivity contribution in [1.82, 2.24) is 0 Å². The molecule has 6 heteroatoms. The summed E-state index contributed by atoms with van der Waals surface area (Å²) in [5, 5.41) is 14.6. The molecule has 112 valence electrons. The first-order valence-electron chi connectivity index (χ1n) is 6.53. The lowest BCUT2D eigenvalue weighted by Gasteiger charge is -2.02. The van der Waals surface area contributed by atoms with Crippen molar-refractivity contribution in [2.75, 3.05) is 12.5 Å². The van der Waals surface area contributed by atoms with E-state index in [1.165, 1.54) is 18.3 Å². The van der Waals surface area contributed by atoms with Crippen LogP contribution in [-0.4, -0.2) is 18.2 Å². The van der Waals surface area contributed by atoms with Crippen LogP contribution in [0.1, 0.15) is 5.56 Å². The molecule has 0 radical (unpaired) electrons. The highest BCUT2D eigenvalue weighted by Gasteiger charge is 2.02. The fourth-order valence-electron chi connectivity index (χ4n) is 1.69. The summed E-state index contributed by atoms with van der Waals surface area (Å²) in [6.07, 6.45) is 3.38. The zero-order valence-electron chi connectivity index (χ0n) is 12.0. The summed E-state index contributed by atoms with van der Waals surface area (Å²) < 4.78 is 5.23. The van der Waals surface area contributed by atoms with Gasteiger partial charge >= 0.3 is 0 Å². The number of nitrogens with zero attached hydrogens (tertiary/aromatic N) is 2. The number of benzene rings is 2. The number of nitro groups is 1. The van der Waals surface area contributed by atoms with E-state index in [0.29, 0.717) is 11.4 Å². The van der Waals surface area contributed by atoms with Gasteiger partial charge in [-0.2, -0.15) is 5.10 Å². The molecule has 0 fully saturated rings. The fourth-order valence-corrected chi connectivity index (χ4v) is 1.69. The number of methoxy groups -OCH3 is 1. The van der Waals surface area contributed by atoms with Crippen LogP contribution in [0.2, 0.25) is 0 Å². The normalized spacial score (nSPS) is 11.4. The van der Waals surface area contributed by atoms with Crippen LogP contribution in [0.5, 0.6) is 0 Å². The van der Waals surface area contributed by atoms with Crippen LogP contribution in [0.4, 0.5) is 11.4 Å². The summed E-state index contributed by atoms with van der Waals surface area (Å²) in [6, 6.07) is 15.7. The Balaban J connectivity index is 2.01. The molecule has 0 aliphatic heterocycles. The van der Waals surface area contributed by atoms with Gasteiger partial charge in [-0.1, -0.05) is 30.3 Å². The second-order valence-corrected chi connectivity index (χ2v) is 4.34. The molecular formula is C16H15N3O3. The average Bonchev–Trinajstić information content (AvgIpc) is 2.55. The zero-order chi connectivity index (χ0) is 15.8. The molecule has 0 spiro atoms. The molecule has 0 aliphatic carbocycles. The minimum absolute atomic E-state index is 0.0380. The molecule has 0 amide bonds. The van der Waals surface area contributed by atoms with Crippen LogP contribution >= 0.6 is 0 Å². The molecular weight excluding hydrogens is 282 g/mol. The molecule has 0 bridgehead atoms. The van der Waals surface area contributed by atoms with Crippen LogP contribution in [0.15, 0.2) is 65.5 Å². The van der Waals surface area contributed by atoms with E-state index in [2.05, 4.69) is 10.5 Å². The molecule has 0 saturated carbocycles. The minimum atomic E-state index is -0.446. The topological polar surface area (TPSA) is 76.8 Å². The maximum atomic E-state index is 10.6. The van der Waals surface area contributed by atoms with Crippen LogP contribution in [-0.2, 0) is 4.74 Å². The second-order valence-electron chi connectivity index (χ2n) is 4.34. The molecule has 0 atom stereocenters. The highest BCUT2D eigenvalue weighted by molar-refractivity contribution is 5.83. The Hall–Kier alpha value is -3.15. The fraction of sp³-hybridized carbons (Fsp3) is 0.0625. The van der Waals surface area contributed by atoms with Crippen molar-refractivity contribution in [3.05, 3.63) is 76.0 Å². The number of hydrazone groups is 1. The van der Waals surface area contributed by atoms with E-state index in [9.17, 15) is 10.1 Å². The molecule has 6 nitrogen and oxygen atoms in total. The lowest BCUT2D eigenvalue weighted by atomic mass is 10.2. The monoisotopic (exact) mass is 297 g/mol.